The Balaban J connectivity index is 1.01. The first-order valence-electron chi connectivity index (χ1n) is 17.7. The average molecular weight is 705 g/mol. The van der Waals surface area contributed by atoms with E-state index in [1.807, 2.05) is 37.3 Å². The molecule has 272 valence electrons. The SMILES string of the molecule is CCOC(=O)CNc1nnc(-c2cnc(N3CCN(C4CCN(Cc5ccc(F)c(F)c5COCc5ccccc5)CC4)[C@@H](CC)C3)c(C)n2)o1. The molecule has 0 spiro atoms. The third-order valence-corrected chi connectivity index (χ3v) is 9.62. The lowest BCUT2D eigenvalue weighted by Crippen LogP contribution is -2.58. The number of piperazine rings is 1. The van der Waals surface area contributed by atoms with Crippen molar-refractivity contribution in [3.63, 3.8) is 0 Å². The average Bonchev–Trinajstić information content (AvgIpc) is 3.63. The van der Waals surface area contributed by atoms with Crippen molar-refractivity contribution in [2.75, 3.05) is 56.1 Å². The van der Waals surface area contributed by atoms with Crippen LogP contribution in [0, 0.1) is 18.6 Å². The van der Waals surface area contributed by atoms with Crippen LogP contribution in [-0.4, -0.2) is 93.9 Å². The molecule has 2 aromatic heterocycles. The summed E-state index contributed by atoms with van der Waals surface area (Å²) in [5.74, 6) is -1.04. The van der Waals surface area contributed by atoms with E-state index in [-0.39, 0.29) is 25.1 Å². The van der Waals surface area contributed by atoms with Gasteiger partial charge in [0.15, 0.2) is 11.6 Å². The summed E-state index contributed by atoms with van der Waals surface area (Å²) in [6.07, 6.45) is 4.66. The number of ether oxygens (including phenoxy) is 2. The second kappa shape index (κ2) is 17.1. The van der Waals surface area contributed by atoms with Gasteiger partial charge in [-0.2, -0.15) is 0 Å². The van der Waals surface area contributed by atoms with Crippen molar-refractivity contribution in [1.82, 2.24) is 30.0 Å². The van der Waals surface area contributed by atoms with Gasteiger partial charge in [-0.3, -0.25) is 14.6 Å². The fourth-order valence-corrected chi connectivity index (χ4v) is 6.98. The smallest absolute Gasteiger partial charge is 0.325 e. The van der Waals surface area contributed by atoms with Gasteiger partial charge >= 0.3 is 12.0 Å². The summed E-state index contributed by atoms with van der Waals surface area (Å²) in [7, 11) is 0. The molecule has 4 heterocycles. The molecule has 2 aliphatic rings. The van der Waals surface area contributed by atoms with Crippen LogP contribution < -0.4 is 10.2 Å². The predicted molar refractivity (Wildman–Crippen MR) is 188 cm³/mol. The molecule has 1 N–H and O–H groups in total. The summed E-state index contributed by atoms with van der Waals surface area (Å²) in [6.45, 7) is 11.4. The highest BCUT2D eigenvalue weighted by molar-refractivity contribution is 5.74. The molecule has 2 aliphatic heterocycles. The lowest BCUT2D eigenvalue weighted by atomic mass is 9.97. The van der Waals surface area contributed by atoms with Crippen molar-refractivity contribution in [1.29, 1.82) is 0 Å². The lowest BCUT2D eigenvalue weighted by molar-refractivity contribution is -0.140. The molecule has 6 rings (SSSR count). The molecule has 2 saturated heterocycles. The van der Waals surface area contributed by atoms with E-state index in [1.54, 1.807) is 19.2 Å². The molecule has 0 saturated carbocycles. The number of hydrogen-bond acceptors (Lipinski definition) is 12. The van der Waals surface area contributed by atoms with Crippen molar-refractivity contribution in [3.8, 4) is 11.6 Å². The topological polar surface area (TPSA) is 122 Å². The van der Waals surface area contributed by atoms with Gasteiger partial charge in [0.1, 0.15) is 18.1 Å². The monoisotopic (exact) mass is 704 g/mol. The number of likely N-dealkylation sites (tertiary alicyclic amines) is 1. The molecule has 2 aromatic carbocycles. The van der Waals surface area contributed by atoms with Gasteiger partial charge < -0.3 is 24.1 Å². The van der Waals surface area contributed by atoms with Crippen molar-refractivity contribution in [2.45, 2.75) is 71.9 Å². The molecule has 2 fully saturated rings. The molecule has 0 radical (unpaired) electrons. The Morgan fingerprint density at radius 1 is 1.02 bits per heavy atom. The Kier molecular flexibility index (Phi) is 12.2. The van der Waals surface area contributed by atoms with Crippen LogP contribution in [0.5, 0.6) is 0 Å². The van der Waals surface area contributed by atoms with Crippen molar-refractivity contribution in [3.05, 3.63) is 82.7 Å². The summed E-state index contributed by atoms with van der Waals surface area (Å²) in [5, 5.41) is 10.7. The van der Waals surface area contributed by atoms with Gasteiger partial charge in [-0.1, -0.05) is 48.4 Å². The third-order valence-electron chi connectivity index (χ3n) is 9.62. The van der Waals surface area contributed by atoms with Crippen molar-refractivity contribution in [2.24, 2.45) is 0 Å². The van der Waals surface area contributed by atoms with Crippen LogP contribution in [0.1, 0.15) is 55.5 Å². The number of halogens is 2. The number of anilines is 2. The zero-order valence-corrected chi connectivity index (χ0v) is 29.5. The van der Waals surface area contributed by atoms with Gasteiger partial charge in [0, 0.05) is 43.8 Å². The number of esters is 1. The predicted octanol–water partition coefficient (Wildman–Crippen LogP) is 5.37. The molecular formula is C37H46F2N8O4. The number of benzene rings is 2. The van der Waals surface area contributed by atoms with Gasteiger partial charge in [-0.15, -0.1) is 5.10 Å². The highest BCUT2D eigenvalue weighted by Crippen LogP contribution is 2.29. The lowest BCUT2D eigenvalue weighted by Gasteiger charge is -2.47. The zero-order chi connectivity index (χ0) is 35.7. The highest BCUT2D eigenvalue weighted by atomic mass is 19.2. The fourth-order valence-electron chi connectivity index (χ4n) is 6.98. The van der Waals surface area contributed by atoms with Crippen LogP contribution in [0.2, 0.25) is 0 Å². The number of nitrogens with one attached hydrogen (secondary N) is 1. The third kappa shape index (κ3) is 9.04. The number of aromatic nitrogens is 4. The van der Waals surface area contributed by atoms with Crippen LogP contribution in [0.4, 0.5) is 20.6 Å². The second-order valence-electron chi connectivity index (χ2n) is 13.0. The summed E-state index contributed by atoms with van der Waals surface area (Å²) in [4.78, 5) is 28.4. The van der Waals surface area contributed by atoms with E-state index < -0.39 is 17.6 Å². The Labute approximate surface area is 297 Å². The minimum atomic E-state index is -0.847. The molecule has 12 nitrogen and oxygen atoms in total. The van der Waals surface area contributed by atoms with E-state index >= 15 is 0 Å². The molecular weight excluding hydrogens is 658 g/mol. The molecule has 0 unspecified atom stereocenters. The first-order valence-corrected chi connectivity index (χ1v) is 17.7. The van der Waals surface area contributed by atoms with Crippen LogP contribution in [-0.2, 0) is 34.0 Å². The van der Waals surface area contributed by atoms with Gasteiger partial charge in [0.2, 0.25) is 0 Å². The van der Waals surface area contributed by atoms with Gasteiger partial charge in [0.05, 0.1) is 31.7 Å². The fraction of sp³-hybridized carbons (Fsp3) is 0.486. The first kappa shape index (κ1) is 36.3. The first-order chi connectivity index (χ1) is 24.8. The van der Waals surface area contributed by atoms with Crippen LogP contribution in [0.15, 0.2) is 53.1 Å². The summed E-state index contributed by atoms with van der Waals surface area (Å²) in [5.41, 5.74) is 3.29. The van der Waals surface area contributed by atoms with E-state index in [9.17, 15) is 13.6 Å². The summed E-state index contributed by atoms with van der Waals surface area (Å²) < 4.78 is 45.6. The standard InChI is InChI=1S/C37H46F2N8O4/c1-4-28-22-46(35-25(3)42-32(19-40-35)36-43-44-37(51-36)41-20-33(48)50-5-2)17-18-47(28)29-13-15-45(16-14-29)21-27-11-12-31(38)34(39)30(27)24-49-23-26-9-7-6-8-10-26/h6-12,19,28-29H,4-5,13-18,20-24H2,1-3H3,(H,41,44)/t28-/m0/s1. The van der Waals surface area contributed by atoms with Crippen LogP contribution in [0.25, 0.3) is 11.6 Å². The highest BCUT2D eigenvalue weighted by Gasteiger charge is 2.34. The van der Waals surface area contributed by atoms with Crippen LogP contribution in [0.3, 0.4) is 0 Å². The number of carbonyl (C=O) groups excluding carboxylic acids is 1. The number of hydrogen-bond donors (Lipinski definition) is 1. The number of carbonyl (C=O) groups is 1. The quantitative estimate of drug-likeness (QED) is 0.170. The molecule has 4 aromatic rings. The molecule has 51 heavy (non-hydrogen) atoms. The number of rotatable bonds is 14. The van der Waals surface area contributed by atoms with Gasteiger partial charge in [-0.25, -0.2) is 18.7 Å². The second-order valence-corrected chi connectivity index (χ2v) is 13.0. The zero-order valence-electron chi connectivity index (χ0n) is 29.5. The maximum Gasteiger partial charge on any atom is 0.325 e. The van der Waals surface area contributed by atoms with Crippen molar-refractivity contribution >= 4 is 17.8 Å². The number of piperidine rings is 1. The molecule has 0 amide bonds. The Morgan fingerprint density at radius 2 is 1.82 bits per heavy atom. The van der Waals surface area contributed by atoms with Crippen molar-refractivity contribution < 1.29 is 27.5 Å². The largest absolute Gasteiger partial charge is 0.465 e. The maximum atomic E-state index is 15.0. The molecule has 1 atom stereocenters. The molecule has 0 aliphatic carbocycles. The Hall–Kier alpha value is -4.53. The molecule has 14 heteroatoms. The van der Waals surface area contributed by atoms with Gasteiger partial charge in [0.25, 0.3) is 5.89 Å². The number of nitrogens with zero attached hydrogens (tertiary/aromatic N) is 7. The minimum absolute atomic E-state index is 0.0211. The summed E-state index contributed by atoms with van der Waals surface area (Å²) >= 11 is 0. The van der Waals surface area contributed by atoms with E-state index in [0.717, 1.165) is 74.6 Å². The minimum Gasteiger partial charge on any atom is -0.465 e. The number of aryl methyl sites for hydroxylation is 1. The van der Waals surface area contributed by atoms with E-state index in [1.165, 1.54) is 6.07 Å². The maximum absolute atomic E-state index is 15.0. The summed E-state index contributed by atoms with van der Waals surface area (Å²) in [6, 6.07) is 13.5. The normalized spacial score (nSPS) is 17.5. The van der Waals surface area contributed by atoms with Gasteiger partial charge in [-0.05, 0) is 63.4 Å². The van der Waals surface area contributed by atoms with E-state index in [0.29, 0.717) is 43.1 Å². The Morgan fingerprint density at radius 3 is 2.57 bits per heavy atom. The van der Waals surface area contributed by atoms with Crippen LogP contribution >= 0.6 is 0 Å². The Bertz CT molecular complexity index is 1750. The molecule has 0 bridgehead atoms. The van der Waals surface area contributed by atoms with E-state index in [2.05, 4.69) is 37.1 Å². The van der Waals surface area contributed by atoms with E-state index in [4.69, 9.17) is 23.9 Å².